The molecule has 0 bridgehead atoms. The van der Waals surface area contributed by atoms with Crippen LogP contribution in [0.2, 0.25) is 0 Å². The summed E-state index contributed by atoms with van der Waals surface area (Å²) in [4.78, 5) is 23.2. The van der Waals surface area contributed by atoms with Crippen LogP contribution in [0.4, 0.5) is 0 Å². The van der Waals surface area contributed by atoms with E-state index in [9.17, 15) is 9.59 Å². The highest BCUT2D eigenvalue weighted by molar-refractivity contribution is 5.74. The monoisotopic (exact) mass is 214 g/mol. The van der Waals surface area contributed by atoms with E-state index in [4.69, 9.17) is 10.8 Å². The summed E-state index contributed by atoms with van der Waals surface area (Å²) in [6.45, 7) is 0.476. The Labute approximate surface area is 89.2 Å². The molecule has 0 aliphatic heterocycles. The van der Waals surface area contributed by atoms with Crippen LogP contribution in [0.5, 0.6) is 0 Å². The molecule has 1 amide bonds. The molecule has 5 heteroatoms. The molecule has 86 valence electrons. The van der Waals surface area contributed by atoms with Crippen molar-refractivity contribution >= 4 is 11.9 Å². The molecule has 15 heavy (non-hydrogen) atoms. The number of hydrogen-bond acceptors (Lipinski definition) is 3. The highest BCUT2D eigenvalue weighted by atomic mass is 16.4. The van der Waals surface area contributed by atoms with Crippen LogP contribution in [0.1, 0.15) is 32.1 Å². The first kappa shape index (κ1) is 12.0. The van der Waals surface area contributed by atoms with Gasteiger partial charge in [-0.1, -0.05) is 12.8 Å². The number of amides is 1. The standard InChI is InChI=1S/C10H18N2O3/c11-9(13)5-6-12(7-10(14)15)8-3-1-2-4-8/h8H,1-7H2,(H2,11,13)(H,14,15). The third-order valence-electron chi connectivity index (χ3n) is 2.82. The molecule has 1 rings (SSSR count). The number of carbonyl (C=O) groups is 2. The summed E-state index contributed by atoms with van der Waals surface area (Å²) >= 11 is 0. The average Bonchev–Trinajstić information content (AvgIpc) is 2.63. The molecule has 0 spiro atoms. The Bertz CT molecular complexity index is 237. The summed E-state index contributed by atoms with van der Waals surface area (Å²) in [7, 11) is 0. The van der Waals surface area contributed by atoms with Crippen LogP contribution in [0.3, 0.4) is 0 Å². The van der Waals surface area contributed by atoms with E-state index >= 15 is 0 Å². The summed E-state index contributed by atoms with van der Waals surface area (Å²) < 4.78 is 0. The van der Waals surface area contributed by atoms with Gasteiger partial charge in [0.1, 0.15) is 0 Å². The Morgan fingerprint density at radius 3 is 2.40 bits per heavy atom. The molecule has 0 unspecified atom stereocenters. The van der Waals surface area contributed by atoms with E-state index < -0.39 is 5.97 Å². The van der Waals surface area contributed by atoms with Crippen molar-refractivity contribution in [3.8, 4) is 0 Å². The number of carboxylic acids is 1. The van der Waals surface area contributed by atoms with Crippen molar-refractivity contribution in [1.29, 1.82) is 0 Å². The number of carboxylic acid groups (broad SMARTS) is 1. The number of nitrogens with zero attached hydrogens (tertiary/aromatic N) is 1. The Kier molecular flexibility index (Phi) is 4.55. The maximum atomic E-state index is 10.7. The maximum absolute atomic E-state index is 10.7. The van der Waals surface area contributed by atoms with E-state index in [1.807, 2.05) is 4.90 Å². The normalized spacial score (nSPS) is 17.1. The Hall–Kier alpha value is -1.10. The van der Waals surface area contributed by atoms with Crippen molar-refractivity contribution in [2.75, 3.05) is 13.1 Å². The first-order chi connectivity index (χ1) is 7.09. The largest absolute Gasteiger partial charge is 0.480 e. The molecule has 0 saturated heterocycles. The molecule has 0 aromatic rings. The first-order valence-electron chi connectivity index (χ1n) is 5.33. The summed E-state index contributed by atoms with van der Waals surface area (Å²) in [6.07, 6.45) is 4.61. The minimum Gasteiger partial charge on any atom is -0.480 e. The van der Waals surface area contributed by atoms with Gasteiger partial charge in [-0.15, -0.1) is 0 Å². The highest BCUT2D eigenvalue weighted by Gasteiger charge is 2.24. The molecular formula is C10H18N2O3. The fourth-order valence-electron chi connectivity index (χ4n) is 2.09. The third kappa shape index (κ3) is 4.29. The average molecular weight is 214 g/mol. The maximum Gasteiger partial charge on any atom is 0.317 e. The van der Waals surface area contributed by atoms with Crippen molar-refractivity contribution in [1.82, 2.24) is 4.90 Å². The fourth-order valence-corrected chi connectivity index (χ4v) is 2.09. The van der Waals surface area contributed by atoms with Crippen LogP contribution in [0.15, 0.2) is 0 Å². The van der Waals surface area contributed by atoms with Crippen molar-refractivity contribution in [2.45, 2.75) is 38.1 Å². The molecule has 0 aromatic heterocycles. The molecule has 0 aromatic carbocycles. The zero-order valence-corrected chi connectivity index (χ0v) is 8.82. The van der Waals surface area contributed by atoms with Crippen molar-refractivity contribution in [2.24, 2.45) is 5.73 Å². The Morgan fingerprint density at radius 1 is 1.33 bits per heavy atom. The lowest BCUT2D eigenvalue weighted by atomic mass is 10.2. The van der Waals surface area contributed by atoms with Crippen molar-refractivity contribution in [3.63, 3.8) is 0 Å². The smallest absolute Gasteiger partial charge is 0.317 e. The second-order valence-corrected chi connectivity index (χ2v) is 4.02. The molecular weight excluding hydrogens is 196 g/mol. The molecule has 0 radical (unpaired) electrons. The van der Waals surface area contributed by atoms with Gasteiger partial charge < -0.3 is 10.8 Å². The lowest BCUT2D eigenvalue weighted by Crippen LogP contribution is -2.39. The van der Waals surface area contributed by atoms with Gasteiger partial charge >= 0.3 is 5.97 Å². The lowest BCUT2D eigenvalue weighted by molar-refractivity contribution is -0.139. The lowest BCUT2D eigenvalue weighted by Gasteiger charge is -2.26. The topological polar surface area (TPSA) is 83.6 Å². The number of nitrogens with two attached hydrogens (primary N) is 1. The number of aliphatic carboxylic acids is 1. The van der Waals surface area contributed by atoms with Gasteiger partial charge in [0.05, 0.1) is 6.54 Å². The number of rotatable bonds is 6. The van der Waals surface area contributed by atoms with Gasteiger partial charge in [0.15, 0.2) is 0 Å². The van der Waals surface area contributed by atoms with Gasteiger partial charge in [-0.2, -0.15) is 0 Å². The van der Waals surface area contributed by atoms with Crippen LogP contribution in [-0.2, 0) is 9.59 Å². The van der Waals surface area contributed by atoms with Gasteiger partial charge in [-0.3, -0.25) is 14.5 Å². The van der Waals surface area contributed by atoms with Gasteiger partial charge in [0, 0.05) is 19.0 Å². The minimum absolute atomic E-state index is 0.0119. The van der Waals surface area contributed by atoms with Gasteiger partial charge in [0.25, 0.3) is 0 Å². The summed E-state index contributed by atoms with van der Waals surface area (Å²) in [5.41, 5.74) is 5.06. The number of carbonyl (C=O) groups excluding carboxylic acids is 1. The highest BCUT2D eigenvalue weighted by Crippen LogP contribution is 2.23. The van der Waals surface area contributed by atoms with Gasteiger partial charge in [-0.25, -0.2) is 0 Å². The fraction of sp³-hybridized carbons (Fsp3) is 0.800. The molecule has 1 saturated carbocycles. The predicted molar refractivity (Wildman–Crippen MR) is 55.3 cm³/mol. The van der Waals surface area contributed by atoms with E-state index in [0.717, 1.165) is 25.7 Å². The van der Waals surface area contributed by atoms with E-state index in [1.165, 1.54) is 0 Å². The van der Waals surface area contributed by atoms with Crippen LogP contribution in [0.25, 0.3) is 0 Å². The third-order valence-corrected chi connectivity index (χ3v) is 2.82. The molecule has 1 fully saturated rings. The quantitative estimate of drug-likeness (QED) is 0.661. The van der Waals surface area contributed by atoms with E-state index in [0.29, 0.717) is 12.6 Å². The van der Waals surface area contributed by atoms with Gasteiger partial charge in [-0.05, 0) is 12.8 Å². The van der Waals surface area contributed by atoms with E-state index in [2.05, 4.69) is 0 Å². The van der Waals surface area contributed by atoms with Crippen molar-refractivity contribution < 1.29 is 14.7 Å². The van der Waals surface area contributed by atoms with Crippen molar-refractivity contribution in [3.05, 3.63) is 0 Å². The predicted octanol–water partition coefficient (Wildman–Crippen LogP) is 0.191. The van der Waals surface area contributed by atoms with Crippen LogP contribution >= 0.6 is 0 Å². The number of primary amides is 1. The second kappa shape index (κ2) is 5.70. The van der Waals surface area contributed by atoms with Gasteiger partial charge in [0.2, 0.25) is 5.91 Å². The summed E-state index contributed by atoms with van der Waals surface area (Å²) in [5.74, 6) is -1.21. The molecule has 0 atom stereocenters. The molecule has 3 N–H and O–H groups in total. The summed E-state index contributed by atoms with van der Waals surface area (Å²) in [6, 6.07) is 0.320. The van der Waals surface area contributed by atoms with E-state index in [1.54, 1.807) is 0 Å². The zero-order chi connectivity index (χ0) is 11.3. The molecule has 1 aliphatic rings. The number of hydrogen-bond donors (Lipinski definition) is 2. The molecule has 5 nitrogen and oxygen atoms in total. The Morgan fingerprint density at radius 2 is 1.93 bits per heavy atom. The minimum atomic E-state index is -0.841. The second-order valence-electron chi connectivity index (χ2n) is 4.02. The summed E-state index contributed by atoms with van der Waals surface area (Å²) in [5, 5.41) is 8.75. The molecule has 0 heterocycles. The van der Waals surface area contributed by atoms with Crippen LogP contribution in [0, 0.1) is 0 Å². The molecule has 1 aliphatic carbocycles. The van der Waals surface area contributed by atoms with Crippen LogP contribution < -0.4 is 5.73 Å². The zero-order valence-electron chi connectivity index (χ0n) is 8.82. The SMILES string of the molecule is NC(=O)CCN(CC(=O)O)C1CCCC1. The van der Waals surface area contributed by atoms with E-state index in [-0.39, 0.29) is 18.9 Å². The Balaban J connectivity index is 2.43. The van der Waals surface area contributed by atoms with Crippen LogP contribution in [-0.4, -0.2) is 41.0 Å². The first-order valence-corrected chi connectivity index (χ1v) is 5.33.